The van der Waals surface area contributed by atoms with Crippen LogP contribution in [0.3, 0.4) is 0 Å². The van der Waals surface area contributed by atoms with Crippen LogP contribution in [0, 0.1) is 5.92 Å². The van der Waals surface area contributed by atoms with Gasteiger partial charge in [0.25, 0.3) is 5.91 Å². The van der Waals surface area contributed by atoms with Crippen LogP contribution in [-0.4, -0.2) is 55.4 Å². The summed E-state index contributed by atoms with van der Waals surface area (Å²) >= 11 is 13.5. The second kappa shape index (κ2) is 10.3. The van der Waals surface area contributed by atoms with Crippen LogP contribution in [0.2, 0.25) is 9.36 Å². The SMILES string of the molecule is O=C(NC[C@H]1CN(c2ccc(N3CCCC(CCO)C3=O)c(Cl)c2)C(=O)O1)c1ccc(Cl)s1. The summed E-state index contributed by atoms with van der Waals surface area (Å²) in [5, 5.41) is 12.3. The summed E-state index contributed by atoms with van der Waals surface area (Å²) in [6.07, 6.45) is 0.968. The summed E-state index contributed by atoms with van der Waals surface area (Å²) < 4.78 is 5.90. The fourth-order valence-electron chi connectivity index (χ4n) is 4.06. The van der Waals surface area contributed by atoms with Gasteiger partial charge in [-0.3, -0.25) is 14.5 Å². The Morgan fingerprint density at radius 1 is 1.21 bits per heavy atom. The molecule has 4 rings (SSSR count). The van der Waals surface area contributed by atoms with Crippen LogP contribution in [0.25, 0.3) is 0 Å². The van der Waals surface area contributed by atoms with Crippen LogP contribution < -0.4 is 15.1 Å². The summed E-state index contributed by atoms with van der Waals surface area (Å²) in [4.78, 5) is 40.9. The van der Waals surface area contributed by atoms with E-state index in [1.807, 2.05) is 0 Å². The third-order valence-corrected chi connectivity index (χ3v) is 7.25. The van der Waals surface area contributed by atoms with Crippen molar-refractivity contribution in [1.82, 2.24) is 5.32 Å². The van der Waals surface area contributed by atoms with Crippen molar-refractivity contribution in [3.8, 4) is 0 Å². The second-order valence-corrected chi connectivity index (χ2v) is 10.0. The molecule has 0 bridgehead atoms. The van der Waals surface area contributed by atoms with Crippen molar-refractivity contribution in [2.24, 2.45) is 5.92 Å². The number of carbonyl (C=O) groups excluding carboxylic acids is 3. The highest BCUT2D eigenvalue weighted by Gasteiger charge is 2.34. The highest BCUT2D eigenvalue weighted by Crippen LogP contribution is 2.35. The lowest BCUT2D eigenvalue weighted by atomic mass is 9.93. The third kappa shape index (κ3) is 5.27. The van der Waals surface area contributed by atoms with Gasteiger partial charge in [-0.05, 0) is 49.6 Å². The first-order chi connectivity index (χ1) is 15.9. The zero-order valence-corrected chi connectivity index (χ0v) is 20.0. The summed E-state index contributed by atoms with van der Waals surface area (Å²) in [5.74, 6) is -0.540. The number of aliphatic hydroxyl groups excluding tert-OH is 1. The highest BCUT2D eigenvalue weighted by molar-refractivity contribution is 7.18. The molecule has 0 spiro atoms. The molecular formula is C22H23Cl2N3O5S. The lowest BCUT2D eigenvalue weighted by Gasteiger charge is -2.33. The molecule has 11 heteroatoms. The Morgan fingerprint density at radius 3 is 2.73 bits per heavy atom. The quantitative estimate of drug-likeness (QED) is 0.586. The van der Waals surface area contributed by atoms with Gasteiger partial charge in [-0.25, -0.2) is 4.79 Å². The molecule has 176 valence electrons. The van der Waals surface area contributed by atoms with Gasteiger partial charge >= 0.3 is 6.09 Å². The van der Waals surface area contributed by atoms with E-state index in [9.17, 15) is 19.5 Å². The fourth-order valence-corrected chi connectivity index (χ4v) is 5.30. The first kappa shape index (κ1) is 23.8. The molecule has 2 fully saturated rings. The zero-order valence-electron chi connectivity index (χ0n) is 17.6. The van der Waals surface area contributed by atoms with E-state index in [1.54, 1.807) is 35.2 Å². The molecule has 1 aromatic carbocycles. The largest absolute Gasteiger partial charge is 0.442 e. The van der Waals surface area contributed by atoms with E-state index in [0.29, 0.717) is 38.6 Å². The minimum Gasteiger partial charge on any atom is -0.442 e. The molecule has 0 aliphatic carbocycles. The number of amides is 3. The Hall–Kier alpha value is -2.33. The van der Waals surface area contributed by atoms with Gasteiger partial charge < -0.3 is 20.1 Å². The molecule has 33 heavy (non-hydrogen) atoms. The van der Waals surface area contributed by atoms with Gasteiger partial charge in [0.2, 0.25) is 5.91 Å². The number of aliphatic hydroxyl groups is 1. The molecule has 2 aliphatic heterocycles. The molecule has 8 nitrogen and oxygen atoms in total. The van der Waals surface area contributed by atoms with E-state index in [0.717, 1.165) is 12.8 Å². The second-order valence-electron chi connectivity index (χ2n) is 7.91. The minimum atomic E-state index is -0.533. The zero-order chi connectivity index (χ0) is 23.5. The molecule has 1 unspecified atom stereocenters. The monoisotopic (exact) mass is 511 g/mol. The predicted octanol–water partition coefficient (Wildman–Crippen LogP) is 3.94. The number of cyclic esters (lactones) is 1. The maximum absolute atomic E-state index is 12.8. The fraction of sp³-hybridized carbons (Fsp3) is 0.409. The molecule has 0 radical (unpaired) electrons. The first-order valence-corrected chi connectivity index (χ1v) is 12.2. The van der Waals surface area contributed by atoms with E-state index < -0.39 is 12.2 Å². The maximum Gasteiger partial charge on any atom is 0.414 e. The van der Waals surface area contributed by atoms with Gasteiger partial charge in [-0.1, -0.05) is 23.2 Å². The summed E-state index contributed by atoms with van der Waals surface area (Å²) in [5.41, 5.74) is 1.13. The van der Waals surface area contributed by atoms with Gasteiger partial charge in [-0.2, -0.15) is 0 Å². The molecule has 2 atom stereocenters. The lowest BCUT2D eigenvalue weighted by Crippen LogP contribution is -2.41. The number of piperidine rings is 1. The summed E-state index contributed by atoms with van der Waals surface area (Å²) in [7, 11) is 0. The number of ether oxygens (including phenoxy) is 1. The van der Waals surface area contributed by atoms with Gasteiger partial charge in [0.05, 0.1) is 33.0 Å². The Labute approximate surface area is 205 Å². The number of carbonyl (C=O) groups is 3. The van der Waals surface area contributed by atoms with Crippen LogP contribution in [-0.2, 0) is 9.53 Å². The minimum absolute atomic E-state index is 0.0311. The Bertz CT molecular complexity index is 1060. The number of hydrogen-bond acceptors (Lipinski definition) is 6. The molecule has 1 aromatic heterocycles. The average Bonchev–Trinajstić information content (AvgIpc) is 3.39. The number of benzene rings is 1. The molecule has 2 aliphatic rings. The number of halogens is 2. The van der Waals surface area contributed by atoms with Gasteiger partial charge in [0, 0.05) is 24.8 Å². The number of anilines is 2. The standard InChI is InChI=1S/C22H23Cl2N3O5S/c23-16-10-14(3-4-17(16)26-8-1-2-13(7-9-28)21(26)30)27-12-15(32-22(27)31)11-25-20(29)18-5-6-19(24)33-18/h3-6,10,13,15,28H,1-2,7-9,11-12H2,(H,25,29)/t13?,15-/m0/s1. The van der Waals surface area contributed by atoms with Crippen molar-refractivity contribution < 1.29 is 24.2 Å². The molecule has 2 aromatic rings. The van der Waals surface area contributed by atoms with Crippen molar-refractivity contribution in [3.05, 3.63) is 44.6 Å². The highest BCUT2D eigenvalue weighted by atomic mass is 35.5. The van der Waals surface area contributed by atoms with Crippen molar-refractivity contribution >= 4 is 63.8 Å². The average molecular weight is 512 g/mol. The van der Waals surface area contributed by atoms with Crippen molar-refractivity contribution in [2.45, 2.75) is 25.4 Å². The normalized spacial score (nSPS) is 20.8. The smallest absolute Gasteiger partial charge is 0.414 e. The Morgan fingerprint density at radius 2 is 2.03 bits per heavy atom. The topological polar surface area (TPSA) is 99.2 Å². The number of nitrogens with zero attached hydrogens (tertiary/aromatic N) is 2. The van der Waals surface area contributed by atoms with E-state index in [1.165, 1.54) is 16.2 Å². The van der Waals surface area contributed by atoms with Crippen LogP contribution >= 0.6 is 34.5 Å². The molecule has 3 heterocycles. The first-order valence-electron chi connectivity index (χ1n) is 10.6. The van der Waals surface area contributed by atoms with Crippen molar-refractivity contribution in [1.29, 1.82) is 0 Å². The van der Waals surface area contributed by atoms with Gasteiger partial charge in [0.1, 0.15) is 6.10 Å². The molecule has 2 saturated heterocycles. The third-order valence-electron chi connectivity index (χ3n) is 5.72. The van der Waals surface area contributed by atoms with E-state index in [-0.39, 0.29) is 37.4 Å². The van der Waals surface area contributed by atoms with Gasteiger partial charge in [0.15, 0.2) is 0 Å². The number of nitrogens with one attached hydrogen (secondary N) is 1. The van der Waals surface area contributed by atoms with E-state index in [4.69, 9.17) is 27.9 Å². The Balaban J connectivity index is 1.40. The van der Waals surface area contributed by atoms with Crippen LogP contribution in [0.4, 0.5) is 16.2 Å². The van der Waals surface area contributed by atoms with Crippen LogP contribution in [0.5, 0.6) is 0 Å². The van der Waals surface area contributed by atoms with Gasteiger partial charge in [-0.15, -0.1) is 11.3 Å². The molecule has 2 N–H and O–H groups in total. The number of thiophene rings is 1. The number of hydrogen-bond donors (Lipinski definition) is 2. The molecule has 3 amide bonds. The van der Waals surface area contributed by atoms with Crippen LogP contribution in [0.1, 0.15) is 28.9 Å². The number of rotatable bonds is 7. The Kier molecular flexibility index (Phi) is 7.43. The lowest BCUT2D eigenvalue weighted by molar-refractivity contribution is -0.124. The molecular weight excluding hydrogens is 489 g/mol. The maximum atomic E-state index is 12.8. The summed E-state index contributed by atoms with van der Waals surface area (Å²) in [6.45, 7) is 0.942. The van der Waals surface area contributed by atoms with Crippen LogP contribution in [0.15, 0.2) is 30.3 Å². The molecule has 0 saturated carbocycles. The van der Waals surface area contributed by atoms with E-state index in [2.05, 4.69) is 5.32 Å². The summed E-state index contributed by atoms with van der Waals surface area (Å²) in [6, 6.07) is 8.36. The van der Waals surface area contributed by atoms with Crippen molar-refractivity contribution in [3.63, 3.8) is 0 Å². The van der Waals surface area contributed by atoms with Crippen molar-refractivity contribution in [2.75, 3.05) is 36.0 Å². The predicted molar refractivity (Wildman–Crippen MR) is 128 cm³/mol. The van der Waals surface area contributed by atoms with E-state index >= 15 is 0 Å².